The van der Waals surface area contributed by atoms with Crippen molar-refractivity contribution in [3.63, 3.8) is 0 Å². The van der Waals surface area contributed by atoms with Crippen LogP contribution in [0, 0.1) is 0 Å². The third kappa shape index (κ3) is 1.71. The van der Waals surface area contributed by atoms with Crippen molar-refractivity contribution in [2.75, 3.05) is 5.32 Å². The van der Waals surface area contributed by atoms with Crippen molar-refractivity contribution in [1.82, 2.24) is 0 Å². The van der Waals surface area contributed by atoms with Crippen LogP contribution < -0.4 is 5.32 Å². The maximum absolute atomic E-state index is 12.0. The van der Waals surface area contributed by atoms with E-state index in [9.17, 15) is 4.79 Å². The molecule has 0 spiro atoms. The van der Waals surface area contributed by atoms with E-state index in [4.69, 9.17) is 11.6 Å². The lowest BCUT2D eigenvalue weighted by atomic mass is 9.93. The molecule has 17 heavy (non-hydrogen) atoms. The minimum absolute atomic E-state index is 0.00784. The van der Waals surface area contributed by atoms with E-state index in [-0.39, 0.29) is 11.8 Å². The van der Waals surface area contributed by atoms with Crippen LogP contribution in [0.25, 0.3) is 0 Å². The first-order valence-corrected chi connectivity index (χ1v) is 5.79. The Hall–Kier alpha value is -1.80. The summed E-state index contributed by atoms with van der Waals surface area (Å²) in [4.78, 5) is 12.0. The molecule has 84 valence electrons. The van der Waals surface area contributed by atoms with Crippen molar-refractivity contribution in [2.24, 2.45) is 0 Å². The SMILES string of the molecule is O=C1Nc2ccc(Cl)cc2[C@H]1c1ccccc1. The molecule has 3 rings (SSSR count). The number of anilines is 1. The van der Waals surface area contributed by atoms with Gasteiger partial charge >= 0.3 is 0 Å². The van der Waals surface area contributed by atoms with Gasteiger partial charge in [0.2, 0.25) is 5.91 Å². The molecule has 1 heterocycles. The van der Waals surface area contributed by atoms with E-state index in [0.29, 0.717) is 5.02 Å². The topological polar surface area (TPSA) is 29.1 Å². The summed E-state index contributed by atoms with van der Waals surface area (Å²) < 4.78 is 0. The van der Waals surface area contributed by atoms with Crippen molar-refractivity contribution >= 4 is 23.2 Å². The second-order valence-electron chi connectivity index (χ2n) is 4.06. The third-order valence-corrected chi connectivity index (χ3v) is 3.21. The zero-order valence-corrected chi connectivity index (χ0v) is 9.74. The van der Waals surface area contributed by atoms with Crippen LogP contribution in [0.2, 0.25) is 5.02 Å². The van der Waals surface area contributed by atoms with Crippen LogP contribution in [0.1, 0.15) is 17.0 Å². The smallest absolute Gasteiger partial charge is 0.236 e. The second kappa shape index (κ2) is 3.90. The van der Waals surface area contributed by atoms with E-state index in [1.165, 1.54) is 0 Å². The van der Waals surface area contributed by atoms with Gasteiger partial charge in [0.15, 0.2) is 0 Å². The number of carbonyl (C=O) groups is 1. The molecule has 2 aromatic rings. The predicted molar refractivity (Wildman–Crippen MR) is 68.4 cm³/mol. The Balaban J connectivity index is 2.14. The van der Waals surface area contributed by atoms with Crippen LogP contribution >= 0.6 is 11.6 Å². The number of nitrogens with one attached hydrogen (secondary N) is 1. The van der Waals surface area contributed by atoms with E-state index in [1.54, 1.807) is 6.07 Å². The Morgan fingerprint density at radius 3 is 2.59 bits per heavy atom. The number of hydrogen-bond acceptors (Lipinski definition) is 1. The summed E-state index contributed by atoms with van der Waals surface area (Å²) in [5.74, 6) is -0.238. The molecule has 0 bridgehead atoms. The number of amides is 1. The van der Waals surface area contributed by atoms with Gasteiger partial charge < -0.3 is 5.32 Å². The van der Waals surface area contributed by atoms with E-state index in [0.717, 1.165) is 16.8 Å². The maximum Gasteiger partial charge on any atom is 0.236 e. The van der Waals surface area contributed by atoms with Gasteiger partial charge in [0.1, 0.15) is 0 Å². The lowest BCUT2D eigenvalue weighted by molar-refractivity contribution is -0.116. The maximum atomic E-state index is 12.0. The van der Waals surface area contributed by atoms with Gasteiger partial charge in [0.05, 0.1) is 5.92 Å². The number of fused-ring (bicyclic) bond motifs is 1. The average Bonchev–Trinajstić information content (AvgIpc) is 2.65. The molecule has 0 fully saturated rings. The molecule has 1 N–H and O–H groups in total. The number of benzene rings is 2. The molecule has 1 aliphatic rings. The number of carbonyl (C=O) groups excluding carboxylic acids is 1. The molecule has 0 saturated carbocycles. The Bertz CT molecular complexity index is 580. The van der Waals surface area contributed by atoms with Crippen LogP contribution in [0.15, 0.2) is 48.5 Å². The molecule has 3 heteroatoms. The first-order chi connectivity index (χ1) is 8.25. The molecule has 2 nitrogen and oxygen atoms in total. The zero-order chi connectivity index (χ0) is 11.8. The molecular formula is C14H10ClNO. The lowest BCUT2D eigenvalue weighted by Gasteiger charge is -2.08. The highest BCUT2D eigenvalue weighted by Crippen LogP contribution is 2.38. The predicted octanol–water partition coefficient (Wildman–Crippen LogP) is 3.42. The summed E-state index contributed by atoms with van der Waals surface area (Å²) in [6.07, 6.45) is 0. The highest BCUT2D eigenvalue weighted by Gasteiger charge is 2.31. The minimum atomic E-state index is -0.245. The fourth-order valence-corrected chi connectivity index (χ4v) is 2.39. The van der Waals surface area contributed by atoms with Gasteiger partial charge in [-0.2, -0.15) is 0 Å². The fourth-order valence-electron chi connectivity index (χ4n) is 2.21. The zero-order valence-electron chi connectivity index (χ0n) is 8.98. The normalized spacial score (nSPS) is 17.7. The Morgan fingerprint density at radius 2 is 1.82 bits per heavy atom. The van der Waals surface area contributed by atoms with Gasteiger partial charge in [-0.3, -0.25) is 4.79 Å². The summed E-state index contributed by atoms with van der Waals surface area (Å²) >= 11 is 5.98. The van der Waals surface area contributed by atoms with Crippen molar-refractivity contribution in [3.8, 4) is 0 Å². The van der Waals surface area contributed by atoms with Crippen LogP contribution in [0.3, 0.4) is 0 Å². The fraction of sp³-hybridized carbons (Fsp3) is 0.0714. The number of hydrogen-bond donors (Lipinski definition) is 1. The van der Waals surface area contributed by atoms with E-state index < -0.39 is 0 Å². The van der Waals surface area contributed by atoms with Crippen molar-refractivity contribution < 1.29 is 4.79 Å². The minimum Gasteiger partial charge on any atom is -0.325 e. The Kier molecular flexibility index (Phi) is 2.37. The summed E-state index contributed by atoms with van der Waals surface area (Å²) in [6.45, 7) is 0. The molecule has 0 unspecified atom stereocenters. The quantitative estimate of drug-likeness (QED) is 0.817. The number of halogens is 1. The van der Waals surface area contributed by atoms with Gasteiger partial charge in [0, 0.05) is 10.7 Å². The third-order valence-electron chi connectivity index (χ3n) is 2.98. The van der Waals surface area contributed by atoms with Crippen LogP contribution in [0.5, 0.6) is 0 Å². The van der Waals surface area contributed by atoms with Crippen molar-refractivity contribution in [2.45, 2.75) is 5.92 Å². The summed E-state index contributed by atoms with van der Waals surface area (Å²) in [7, 11) is 0. The van der Waals surface area contributed by atoms with Gasteiger partial charge in [-0.05, 0) is 29.3 Å². The lowest BCUT2D eigenvalue weighted by Crippen LogP contribution is -2.12. The standard InChI is InChI=1S/C14H10ClNO/c15-10-6-7-12-11(8-10)13(14(17)16-12)9-4-2-1-3-5-9/h1-8,13H,(H,16,17)/t13-/m1/s1. The molecule has 0 aliphatic carbocycles. The van der Waals surface area contributed by atoms with Crippen LogP contribution in [-0.2, 0) is 4.79 Å². The van der Waals surface area contributed by atoms with Crippen LogP contribution in [0.4, 0.5) is 5.69 Å². The summed E-state index contributed by atoms with van der Waals surface area (Å²) in [5, 5.41) is 3.53. The van der Waals surface area contributed by atoms with E-state index in [2.05, 4.69) is 5.32 Å². The highest BCUT2D eigenvalue weighted by molar-refractivity contribution is 6.31. The molecule has 0 aromatic heterocycles. The summed E-state index contributed by atoms with van der Waals surface area (Å²) in [6, 6.07) is 15.2. The Morgan fingerprint density at radius 1 is 1.06 bits per heavy atom. The first kappa shape index (κ1) is 10.4. The van der Waals surface area contributed by atoms with E-state index >= 15 is 0 Å². The van der Waals surface area contributed by atoms with Gasteiger partial charge in [-0.25, -0.2) is 0 Å². The summed E-state index contributed by atoms with van der Waals surface area (Å²) in [5.41, 5.74) is 2.80. The average molecular weight is 244 g/mol. The van der Waals surface area contributed by atoms with Crippen LogP contribution in [-0.4, -0.2) is 5.91 Å². The molecule has 0 radical (unpaired) electrons. The van der Waals surface area contributed by atoms with Gasteiger partial charge in [0.25, 0.3) is 0 Å². The molecule has 2 aromatic carbocycles. The molecular weight excluding hydrogens is 234 g/mol. The van der Waals surface area contributed by atoms with Gasteiger partial charge in [-0.15, -0.1) is 0 Å². The molecule has 0 saturated heterocycles. The number of rotatable bonds is 1. The second-order valence-corrected chi connectivity index (χ2v) is 4.50. The highest BCUT2D eigenvalue weighted by atomic mass is 35.5. The van der Waals surface area contributed by atoms with Crippen molar-refractivity contribution in [1.29, 1.82) is 0 Å². The monoisotopic (exact) mass is 243 g/mol. The molecule has 1 amide bonds. The van der Waals surface area contributed by atoms with Crippen molar-refractivity contribution in [3.05, 3.63) is 64.7 Å². The van der Waals surface area contributed by atoms with Gasteiger partial charge in [-0.1, -0.05) is 41.9 Å². The largest absolute Gasteiger partial charge is 0.325 e. The van der Waals surface area contributed by atoms with E-state index in [1.807, 2.05) is 42.5 Å². The molecule has 1 aliphatic heterocycles. The first-order valence-electron chi connectivity index (χ1n) is 5.41. The Labute approximate surface area is 104 Å². The molecule has 1 atom stereocenters.